The van der Waals surface area contributed by atoms with Gasteiger partial charge in [0.1, 0.15) is 0 Å². The summed E-state index contributed by atoms with van der Waals surface area (Å²) in [6.07, 6.45) is -0.173. The van der Waals surface area contributed by atoms with Gasteiger partial charge < -0.3 is 14.2 Å². The Balaban J connectivity index is 3.12. The molecule has 0 saturated carbocycles. The maximum Gasteiger partial charge on any atom is 0.323 e. The second kappa shape index (κ2) is 9.68. The van der Waals surface area contributed by atoms with E-state index in [-0.39, 0.29) is 25.4 Å². The van der Waals surface area contributed by atoms with Crippen molar-refractivity contribution in [2.24, 2.45) is 5.92 Å². The van der Waals surface area contributed by atoms with Crippen molar-refractivity contribution >= 4 is 33.7 Å². The zero-order valence-corrected chi connectivity index (χ0v) is 16.4. The van der Waals surface area contributed by atoms with Gasteiger partial charge in [0.05, 0.1) is 18.8 Å². The highest BCUT2D eigenvalue weighted by molar-refractivity contribution is 9.10. The molecule has 0 amide bonds. The van der Waals surface area contributed by atoms with Crippen LogP contribution in [0.3, 0.4) is 0 Å². The van der Waals surface area contributed by atoms with Crippen LogP contribution in [0.1, 0.15) is 37.6 Å². The van der Waals surface area contributed by atoms with Crippen molar-refractivity contribution in [3.8, 4) is 0 Å². The quantitative estimate of drug-likeness (QED) is 0.350. The summed E-state index contributed by atoms with van der Waals surface area (Å²) in [7, 11) is 1.35. The van der Waals surface area contributed by atoms with E-state index in [9.17, 15) is 14.4 Å². The molecule has 0 spiro atoms. The molecule has 0 fully saturated rings. The number of carbonyl (C=O) groups excluding carboxylic acids is 3. The molecule has 138 valence electrons. The fraction of sp³-hybridized carbons (Fsp3) is 0.500. The summed E-state index contributed by atoms with van der Waals surface area (Å²) in [5.41, 5.74) is -0.930. The third-order valence-electron chi connectivity index (χ3n) is 3.80. The van der Waals surface area contributed by atoms with Crippen LogP contribution >= 0.6 is 15.9 Å². The maximum absolute atomic E-state index is 12.6. The Morgan fingerprint density at radius 3 is 1.92 bits per heavy atom. The number of rotatable bonds is 9. The molecule has 1 aromatic rings. The fourth-order valence-corrected chi connectivity index (χ4v) is 2.66. The van der Waals surface area contributed by atoms with Gasteiger partial charge in [-0.15, -0.1) is 0 Å². The van der Waals surface area contributed by atoms with Gasteiger partial charge in [0.2, 0.25) is 0 Å². The first-order chi connectivity index (χ1) is 11.8. The highest BCUT2D eigenvalue weighted by Gasteiger charge is 2.48. The summed E-state index contributed by atoms with van der Waals surface area (Å²) in [5, 5.41) is 0. The predicted octanol–water partition coefficient (Wildman–Crippen LogP) is 3.17. The molecular formula is C18H23BrO6. The first-order valence-corrected chi connectivity index (χ1v) is 8.75. The van der Waals surface area contributed by atoms with Crippen molar-refractivity contribution in [3.63, 3.8) is 0 Å². The van der Waals surface area contributed by atoms with Crippen LogP contribution < -0.4 is 0 Å². The Bertz CT molecular complexity index is 594. The summed E-state index contributed by atoms with van der Waals surface area (Å²) in [6, 6.07) is 6.80. The van der Waals surface area contributed by atoms with E-state index in [1.54, 1.807) is 38.1 Å². The molecule has 1 atom stereocenters. The molecule has 0 saturated heterocycles. The minimum absolute atomic E-state index is 0.106. The third kappa shape index (κ3) is 5.64. The van der Waals surface area contributed by atoms with Crippen molar-refractivity contribution in [1.82, 2.24) is 0 Å². The molecule has 0 N–H and O–H groups in total. The van der Waals surface area contributed by atoms with Gasteiger partial charge in [-0.05, 0) is 32.9 Å². The number of ether oxygens (including phenoxy) is 3. The number of esters is 2. The van der Waals surface area contributed by atoms with Gasteiger partial charge in [-0.2, -0.15) is 0 Å². The molecule has 6 nitrogen and oxygen atoms in total. The lowest BCUT2D eigenvalue weighted by molar-refractivity contribution is -0.175. The van der Waals surface area contributed by atoms with Gasteiger partial charge in [0.25, 0.3) is 0 Å². The summed E-state index contributed by atoms with van der Waals surface area (Å²) >= 11 is 3.31. The summed E-state index contributed by atoms with van der Waals surface area (Å²) in [5.74, 6) is -3.14. The van der Waals surface area contributed by atoms with Crippen molar-refractivity contribution in [3.05, 3.63) is 34.3 Å². The predicted molar refractivity (Wildman–Crippen MR) is 95.3 cm³/mol. The van der Waals surface area contributed by atoms with Gasteiger partial charge in [0.15, 0.2) is 11.7 Å². The fourth-order valence-electron chi connectivity index (χ4n) is 2.39. The number of hydrogen-bond acceptors (Lipinski definition) is 6. The van der Waals surface area contributed by atoms with E-state index in [2.05, 4.69) is 15.9 Å². The number of hydrogen-bond donors (Lipinski definition) is 0. The monoisotopic (exact) mass is 414 g/mol. The lowest BCUT2D eigenvalue weighted by Crippen LogP contribution is -2.49. The number of halogens is 1. The smallest absolute Gasteiger partial charge is 0.323 e. The highest BCUT2D eigenvalue weighted by atomic mass is 79.9. The lowest BCUT2D eigenvalue weighted by atomic mass is 9.83. The molecule has 0 aliphatic carbocycles. The minimum atomic E-state index is -1.39. The zero-order valence-electron chi connectivity index (χ0n) is 14.8. The number of benzene rings is 1. The average Bonchev–Trinajstić information content (AvgIpc) is 2.56. The normalized spacial score (nSPS) is 13.2. The van der Waals surface area contributed by atoms with Crippen LogP contribution in [0.25, 0.3) is 0 Å². The standard InChI is InChI=1S/C18H23BrO6/c1-5-24-16(21)15(17(22)25-6-2)18(3,23-4)11-14(20)12-7-9-13(19)10-8-12/h7-10,15H,5-6,11H2,1-4H3. The van der Waals surface area contributed by atoms with Crippen LogP contribution in [0.4, 0.5) is 0 Å². The summed E-state index contributed by atoms with van der Waals surface area (Å²) in [6.45, 7) is 5.02. The van der Waals surface area contributed by atoms with Gasteiger partial charge >= 0.3 is 11.9 Å². The van der Waals surface area contributed by atoms with E-state index in [1.807, 2.05) is 0 Å². The Morgan fingerprint density at radius 1 is 1.04 bits per heavy atom. The minimum Gasteiger partial charge on any atom is -0.465 e. The van der Waals surface area contributed by atoms with Crippen LogP contribution in [0.5, 0.6) is 0 Å². The van der Waals surface area contributed by atoms with E-state index in [0.717, 1.165) is 4.47 Å². The Morgan fingerprint density at radius 2 is 1.52 bits per heavy atom. The van der Waals surface area contributed by atoms with Crippen molar-refractivity contribution < 1.29 is 28.6 Å². The van der Waals surface area contributed by atoms with Crippen LogP contribution in [0, 0.1) is 5.92 Å². The molecule has 0 radical (unpaired) electrons. The molecule has 0 heterocycles. The second-order valence-corrected chi connectivity index (χ2v) is 6.48. The van der Waals surface area contributed by atoms with Crippen LogP contribution in [0.15, 0.2) is 28.7 Å². The third-order valence-corrected chi connectivity index (χ3v) is 4.33. The first kappa shape index (κ1) is 21.3. The molecule has 1 unspecified atom stereocenters. The molecule has 0 bridgehead atoms. The second-order valence-electron chi connectivity index (χ2n) is 5.56. The van der Waals surface area contributed by atoms with E-state index in [1.165, 1.54) is 14.0 Å². The Labute approximate surface area is 156 Å². The van der Waals surface area contributed by atoms with Gasteiger partial charge in [0, 0.05) is 23.6 Å². The molecular weight excluding hydrogens is 392 g/mol. The SMILES string of the molecule is CCOC(=O)C(C(=O)OCC)C(C)(CC(=O)c1ccc(Br)cc1)OC. The summed E-state index contributed by atoms with van der Waals surface area (Å²) in [4.78, 5) is 37.2. The van der Waals surface area contributed by atoms with Crippen LogP contribution in [0.2, 0.25) is 0 Å². The molecule has 0 aliphatic heterocycles. The molecule has 25 heavy (non-hydrogen) atoms. The van der Waals surface area contributed by atoms with Crippen LogP contribution in [-0.4, -0.2) is 43.6 Å². The molecule has 7 heteroatoms. The number of ketones is 1. The van der Waals surface area contributed by atoms with Crippen LogP contribution in [-0.2, 0) is 23.8 Å². The average molecular weight is 415 g/mol. The van der Waals surface area contributed by atoms with Gasteiger partial charge in [-0.25, -0.2) is 0 Å². The number of methoxy groups -OCH3 is 1. The number of Topliss-reactive ketones (excluding diaryl/α,β-unsaturated/α-hetero) is 1. The molecule has 1 aromatic carbocycles. The van der Waals surface area contributed by atoms with E-state index in [4.69, 9.17) is 14.2 Å². The molecule has 1 rings (SSSR count). The van der Waals surface area contributed by atoms with E-state index >= 15 is 0 Å². The van der Waals surface area contributed by atoms with E-state index < -0.39 is 23.5 Å². The topological polar surface area (TPSA) is 78.9 Å². The summed E-state index contributed by atoms with van der Waals surface area (Å²) < 4.78 is 16.2. The molecule has 0 aromatic heterocycles. The maximum atomic E-state index is 12.6. The number of carbonyl (C=O) groups is 3. The lowest BCUT2D eigenvalue weighted by Gasteiger charge is -2.32. The first-order valence-electron chi connectivity index (χ1n) is 7.96. The largest absolute Gasteiger partial charge is 0.465 e. The van der Waals surface area contributed by atoms with Gasteiger partial charge in [-0.3, -0.25) is 14.4 Å². The van der Waals surface area contributed by atoms with Gasteiger partial charge in [-0.1, -0.05) is 28.1 Å². The molecule has 0 aliphatic rings. The Kier molecular flexibility index (Phi) is 8.25. The van der Waals surface area contributed by atoms with Crippen molar-refractivity contribution in [2.75, 3.05) is 20.3 Å². The van der Waals surface area contributed by atoms with E-state index in [0.29, 0.717) is 5.56 Å². The van der Waals surface area contributed by atoms with Crippen molar-refractivity contribution in [2.45, 2.75) is 32.8 Å². The van der Waals surface area contributed by atoms with Crippen molar-refractivity contribution in [1.29, 1.82) is 0 Å². The highest BCUT2D eigenvalue weighted by Crippen LogP contribution is 2.30. The zero-order chi connectivity index (χ0) is 19.0. The Hall–Kier alpha value is -1.73.